The average Bonchev–Trinajstić information content (AvgIpc) is 2.92. The number of aryl methyl sites for hydroxylation is 1. The molecule has 1 amide bonds. The first kappa shape index (κ1) is 14.9. The van der Waals surface area contributed by atoms with Crippen molar-refractivity contribution in [3.8, 4) is 0 Å². The summed E-state index contributed by atoms with van der Waals surface area (Å²) in [6.45, 7) is 2.70. The van der Waals surface area contributed by atoms with E-state index in [2.05, 4.69) is 0 Å². The van der Waals surface area contributed by atoms with Crippen LogP contribution in [0, 0.1) is 6.92 Å². The SMILES string of the molecule is Cc1ccc(N)cc1SCC(=O)N(C)Cc1cccs1. The molecule has 3 nitrogen and oxygen atoms in total. The molecule has 0 saturated carbocycles. The van der Waals surface area contributed by atoms with E-state index in [0.29, 0.717) is 12.3 Å². The second-order valence-electron chi connectivity index (χ2n) is 4.64. The molecule has 2 N–H and O–H groups in total. The lowest BCUT2D eigenvalue weighted by molar-refractivity contribution is -0.127. The van der Waals surface area contributed by atoms with Crippen LogP contribution in [0.3, 0.4) is 0 Å². The Balaban J connectivity index is 1.89. The molecular formula is C15H18N2OS2. The zero-order valence-corrected chi connectivity index (χ0v) is 13.3. The number of carbonyl (C=O) groups is 1. The number of nitrogens with two attached hydrogens (primary N) is 1. The van der Waals surface area contributed by atoms with Gasteiger partial charge in [0.25, 0.3) is 0 Å². The highest BCUT2D eigenvalue weighted by atomic mass is 32.2. The van der Waals surface area contributed by atoms with Crippen LogP contribution in [0.1, 0.15) is 10.4 Å². The molecule has 0 atom stereocenters. The second-order valence-corrected chi connectivity index (χ2v) is 6.69. The van der Waals surface area contributed by atoms with Crippen LogP contribution in [-0.2, 0) is 11.3 Å². The summed E-state index contributed by atoms with van der Waals surface area (Å²) in [6, 6.07) is 9.83. The van der Waals surface area contributed by atoms with Gasteiger partial charge in [0.05, 0.1) is 12.3 Å². The number of anilines is 1. The number of amides is 1. The van der Waals surface area contributed by atoms with E-state index in [-0.39, 0.29) is 5.91 Å². The number of hydrogen-bond acceptors (Lipinski definition) is 4. The van der Waals surface area contributed by atoms with E-state index in [0.717, 1.165) is 16.1 Å². The molecule has 0 aliphatic carbocycles. The molecular weight excluding hydrogens is 288 g/mol. The van der Waals surface area contributed by atoms with Crippen LogP contribution in [0.25, 0.3) is 0 Å². The Hall–Kier alpha value is -1.46. The molecule has 0 aliphatic heterocycles. The summed E-state index contributed by atoms with van der Waals surface area (Å²) in [5.74, 6) is 0.567. The molecule has 1 aromatic carbocycles. The number of nitrogen functional groups attached to an aromatic ring is 1. The van der Waals surface area contributed by atoms with E-state index in [4.69, 9.17) is 5.73 Å². The minimum atomic E-state index is 0.130. The molecule has 106 valence electrons. The normalized spacial score (nSPS) is 10.5. The molecule has 0 bridgehead atoms. The zero-order valence-electron chi connectivity index (χ0n) is 11.6. The summed E-state index contributed by atoms with van der Waals surface area (Å²) in [6.07, 6.45) is 0. The Kier molecular flexibility index (Phi) is 5.09. The minimum absolute atomic E-state index is 0.130. The summed E-state index contributed by atoms with van der Waals surface area (Å²) in [5, 5.41) is 2.03. The highest BCUT2D eigenvalue weighted by Gasteiger charge is 2.11. The first-order valence-electron chi connectivity index (χ1n) is 6.31. The maximum absolute atomic E-state index is 12.1. The topological polar surface area (TPSA) is 46.3 Å². The first-order chi connectivity index (χ1) is 9.56. The van der Waals surface area contributed by atoms with Gasteiger partial charge in [-0.3, -0.25) is 4.79 Å². The largest absolute Gasteiger partial charge is 0.399 e. The Morgan fingerprint density at radius 3 is 2.90 bits per heavy atom. The molecule has 0 aliphatic rings. The molecule has 1 aromatic heterocycles. The molecule has 5 heteroatoms. The summed E-state index contributed by atoms with van der Waals surface area (Å²) in [4.78, 5) is 16.2. The Morgan fingerprint density at radius 1 is 1.40 bits per heavy atom. The maximum Gasteiger partial charge on any atom is 0.233 e. The molecule has 0 radical (unpaired) electrons. The van der Waals surface area contributed by atoms with Gasteiger partial charge in [-0.05, 0) is 36.1 Å². The van der Waals surface area contributed by atoms with Gasteiger partial charge in [0, 0.05) is 22.5 Å². The van der Waals surface area contributed by atoms with Crippen LogP contribution < -0.4 is 5.73 Å². The quantitative estimate of drug-likeness (QED) is 0.680. The number of hydrogen-bond donors (Lipinski definition) is 1. The van der Waals surface area contributed by atoms with Gasteiger partial charge in [-0.1, -0.05) is 12.1 Å². The summed E-state index contributed by atoms with van der Waals surface area (Å²) < 4.78 is 0. The van der Waals surface area contributed by atoms with E-state index in [1.807, 2.05) is 49.7 Å². The fourth-order valence-corrected chi connectivity index (χ4v) is 3.52. The van der Waals surface area contributed by atoms with Gasteiger partial charge in [-0.25, -0.2) is 0 Å². The Bertz CT molecular complexity index is 582. The van der Waals surface area contributed by atoms with E-state index in [1.165, 1.54) is 4.88 Å². The predicted octanol–water partition coefficient (Wildman–Crippen LogP) is 3.39. The van der Waals surface area contributed by atoms with Crippen molar-refractivity contribution in [2.45, 2.75) is 18.4 Å². The van der Waals surface area contributed by atoms with Crippen LogP contribution in [0.15, 0.2) is 40.6 Å². The number of thiophene rings is 1. The minimum Gasteiger partial charge on any atom is -0.399 e. The standard InChI is InChI=1S/C15H18N2OS2/c1-11-5-6-12(16)8-14(11)20-10-15(18)17(2)9-13-4-3-7-19-13/h3-8H,9-10,16H2,1-2H3. The molecule has 2 aromatic rings. The molecule has 0 unspecified atom stereocenters. The van der Waals surface area contributed by atoms with Crippen LogP contribution in [0.5, 0.6) is 0 Å². The lowest BCUT2D eigenvalue weighted by atomic mass is 10.2. The van der Waals surface area contributed by atoms with E-state index >= 15 is 0 Å². The fraction of sp³-hybridized carbons (Fsp3) is 0.267. The fourth-order valence-electron chi connectivity index (χ4n) is 1.75. The van der Waals surface area contributed by atoms with Gasteiger partial charge in [0.15, 0.2) is 0 Å². The number of rotatable bonds is 5. The molecule has 0 saturated heterocycles. The molecule has 20 heavy (non-hydrogen) atoms. The van der Waals surface area contributed by atoms with Crippen molar-refractivity contribution in [1.29, 1.82) is 0 Å². The van der Waals surface area contributed by atoms with Crippen molar-refractivity contribution >= 4 is 34.7 Å². The third-order valence-electron chi connectivity index (χ3n) is 2.96. The number of thioether (sulfide) groups is 1. The van der Waals surface area contributed by atoms with Gasteiger partial charge >= 0.3 is 0 Å². The van der Waals surface area contributed by atoms with Crippen LogP contribution >= 0.6 is 23.1 Å². The monoisotopic (exact) mass is 306 g/mol. The highest BCUT2D eigenvalue weighted by molar-refractivity contribution is 8.00. The van der Waals surface area contributed by atoms with Crippen molar-refractivity contribution < 1.29 is 4.79 Å². The highest BCUT2D eigenvalue weighted by Crippen LogP contribution is 2.25. The molecule has 2 rings (SSSR count). The van der Waals surface area contributed by atoms with E-state index in [9.17, 15) is 4.79 Å². The summed E-state index contributed by atoms with van der Waals surface area (Å²) in [7, 11) is 1.84. The first-order valence-corrected chi connectivity index (χ1v) is 8.18. The van der Waals surface area contributed by atoms with Gasteiger partial charge in [-0.15, -0.1) is 23.1 Å². The van der Waals surface area contributed by atoms with Gasteiger partial charge in [0.2, 0.25) is 5.91 Å². The van der Waals surface area contributed by atoms with Crippen molar-refractivity contribution in [3.05, 3.63) is 46.2 Å². The van der Waals surface area contributed by atoms with Crippen molar-refractivity contribution in [1.82, 2.24) is 4.90 Å². The Labute approximate surface area is 127 Å². The summed E-state index contributed by atoms with van der Waals surface area (Å²) in [5.41, 5.74) is 7.66. The van der Waals surface area contributed by atoms with E-state index < -0.39 is 0 Å². The summed E-state index contributed by atoms with van der Waals surface area (Å²) >= 11 is 3.21. The van der Waals surface area contributed by atoms with E-state index in [1.54, 1.807) is 28.0 Å². The Morgan fingerprint density at radius 2 is 2.20 bits per heavy atom. The predicted molar refractivity (Wildman–Crippen MR) is 87.1 cm³/mol. The third kappa shape index (κ3) is 4.02. The second kappa shape index (κ2) is 6.81. The van der Waals surface area contributed by atoms with Crippen LogP contribution in [-0.4, -0.2) is 23.6 Å². The maximum atomic E-state index is 12.1. The molecule has 1 heterocycles. The van der Waals surface area contributed by atoms with Gasteiger partial charge in [0.1, 0.15) is 0 Å². The number of benzene rings is 1. The van der Waals surface area contributed by atoms with Gasteiger partial charge < -0.3 is 10.6 Å². The average molecular weight is 306 g/mol. The molecule has 0 fully saturated rings. The van der Waals surface area contributed by atoms with Crippen molar-refractivity contribution in [2.75, 3.05) is 18.5 Å². The zero-order chi connectivity index (χ0) is 14.5. The number of carbonyl (C=O) groups excluding carboxylic acids is 1. The third-order valence-corrected chi connectivity index (χ3v) is 4.97. The van der Waals surface area contributed by atoms with Crippen LogP contribution in [0.4, 0.5) is 5.69 Å². The van der Waals surface area contributed by atoms with Crippen molar-refractivity contribution in [2.24, 2.45) is 0 Å². The van der Waals surface area contributed by atoms with Gasteiger partial charge in [-0.2, -0.15) is 0 Å². The lowest BCUT2D eigenvalue weighted by Crippen LogP contribution is -2.27. The smallest absolute Gasteiger partial charge is 0.233 e. The number of nitrogens with zero attached hydrogens (tertiary/aromatic N) is 1. The molecule has 0 spiro atoms. The lowest BCUT2D eigenvalue weighted by Gasteiger charge is -2.16. The van der Waals surface area contributed by atoms with Crippen LogP contribution in [0.2, 0.25) is 0 Å². The van der Waals surface area contributed by atoms with Crippen molar-refractivity contribution in [3.63, 3.8) is 0 Å².